The minimum Gasteiger partial charge on any atom is -0.487 e. The van der Waals surface area contributed by atoms with Gasteiger partial charge in [-0.3, -0.25) is 4.79 Å². The van der Waals surface area contributed by atoms with Gasteiger partial charge >= 0.3 is 0 Å². The minimum atomic E-state index is -0.683. The summed E-state index contributed by atoms with van der Waals surface area (Å²) in [6, 6.07) is 7.89. The molecular weight excluding hydrogens is 300 g/mol. The fraction of sp³-hybridized carbons (Fsp3) is 0.588. The van der Waals surface area contributed by atoms with Crippen LogP contribution in [0.1, 0.15) is 57.6 Å². The zero-order chi connectivity index (χ0) is 15.1. The first kappa shape index (κ1) is 17.1. The topological polar surface area (TPSA) is 64.4 Å². The van der Waals surface area contributed by atoms with Crippen LogP contribution in [-0.4, -0.2) is 17.0 Å². The maximum absolute atomic E-state index is 12.6. The lowest BCUT2D eigenvalue weighted by Crippen LogP contribution is -2.54. The Hall–Kier alpha value is -1.26. The first-order chi connectivity index (χ1) is 9.90. The Morgan fingerprint density at radius 3 is 2.59 bits per heavy atom. The van der Waals surface area contributed by atoms with Crippen LogP contribution in [0.3, 0.4) is 0 Å². The van der Waals surface area contributed by atoms with Crippen molar-refractivity contribution in [2.24, 2.45) is 5.73 Å². The Kier molecular flexibility index (Phi) is 4.73. The number of halogens is 1. The van der Waals surface area contributed by atoms with Gasteiger partial charge in [0.15, 0.2) is 0 Å². The van der Waals surface area contributed by atoms with Crippen molar-refractivity contribution in [2.45, 2.75) is 63.1 Å². The number of rotatable bonds is 2. The van der Waals surface area contributed by atoms with Crippen LogP contribution < -0.4 is 15.8 Å². The molecule has 1 fully saturated rings. The van der Waals surface area contributed by atoms with Gasteiger partial charge in [0.05, 0.1) is 11.6 Å². The molecular formula is C17H25ClN2O2. The number of ether oxygens (including phenoxy) is 1. The number of hydrogen-bond donors (Lipinski definition) is 2. The molecule has 22 heavy (non-hydrogen) atoms. The third kappa shape index (κ3) is 3.23. The van der Waals surface area contributed by atoms with Crippen molar-refractivity contribution < 1.29 is 9.53 Å². The zero-order valence-corrected chi connectivity index (χ0v) is 14.0. The van der Waals surface area contributed by atoms with E-state index in [1.165, 1.54) is 0 Å². The third-order valence-corrected chi connectivity index (χ3v) is 4.63. The van der Waals surface area contributed by atoms with Gasteiger partial charge in [-0.1, -0.05) is 31.0 Å². The molecule has 1 atom stereocenters. The van der Waals surface area contributed by atoms with Crippen molar-refractivity contribution in [1.82, 2.24) is 5.32 Å². The lowest BCUT2D eigenvalue weighted by atomic mass is 9.88. The van der Waals surface area contributed by atoms with Crippen molar-refractivity contribution in [2.75, 3.05) is 0 Å². The SMILES string of the molecule is CC1(C)CC(NC(=O)C2(N)CCCC2)c2ccccc2O1.Cl. The Bertz CT molecular complexity index is 553. The molecule has 0 bridgehead atoms. The monoisotopic (exact) mass is 324 g/mol. The normalized spacial score (nSPS) is 24.6. The zero-order valence-electron chi connectivity index (χ0n) is 13.2. The van der Waals surface area contributed by atoms with E-state index < -0.39 is 5.54 Å². The summed E-state index contributed by atoms with van der Waals surface area (Å²) in [6.45, 7) is 4.10. The summed E-state index contributed by atoms with van der Waals surface area (Å²) < 4.78 is 6.00. The molecule has 0 aromatic heterocycles. The van der Waals surface area contributed by atoms with Crippen molar-refractivity contribution in [1.29, 1.82) is 0 Å². The Morgan fingerprint density at radius 2 is 1.91 bits per heavy atom. The van der Waals surface area contributed by atoms with Gasteiger partial charge in [0.25, 0.3) is 0 Å². The van der Waals surface area contributed by atoms with Crippen LogP contribution in [0.15, 0.2) is 24.3 Å². The number of nitrogens with two attached hydrogens (primary N) is 1. The van der Waals surface area contributed by atoms with Gasteiger partial charge in [0, 0.05) is 12.0 Å². The first-order valence-corrected chi connectivity index (χ1v) is 7.77. The molecule has 5 heteroatoms. The molecule has 4 nitrogen and oxygen atoms in total. The molecule has 3 rings (SSSR count). The number of carbonyl (C=O) groups is 1. The maximum atomic E-state index is 12.6. The predicted octanol–water partition coefficient (Wildman–Crippen LogP) is 3.10. The summed E-state index contributed by atoms with van der Waals surface area (Å²) in [6.07, 6.45) is 4.41. The number of para-hydroxylation sites is 1. The highest BCUT2D eigenvalue weighted by Gasteiger charge is 2.40. The van der Waals surface area contributed by atoms with Gasteiger partial charge in [0.2, 0.25) is 5.91 Å². The fourth-order valence-electron chi connectivity index (χ4n) is 3.47. The van der Waals surface area contributed by atoms with Gasteiger partial charge in [-0.15, -0.1) is 12.4 Å². The number of hydrogen-bond acceptors (Lipinski definition) is 3. The summed E-state index contributed by atoms with van der Waals surface area (Å²) in [5.41, 5.74) is 6.34. The van der Waals surface area contributed by atoms with Crippen molar-refractivity contribution in [3.63, 3.8) is 0 Å². The predicted molar refractivity (Wildman–Crippen MR) is 89.3 cm³/mol. The number of nitrogens with one attached hydrogen (secondary N) is 1. The molecule has 1 heterocycles. The standard InChI is InChI=1S/C17H24N2O2.ClH/c1-16(2)11-13(12-7-3-4-8-14(12)21-16)19-15(20)17(18)9-5-6-10-17;/h3-4,7-8,13H,5-6,9-11,18H2,1-2H3,(H,19,20);1H. The number of carbonyl (C=O) groups excluding carboxylic acids is 1. The summed E-state index contributed by atoms with van der Waals surface area (Å²) >= 11 is 0. The molecule has 1 aliphatic heterocycles. The van der Waals surface area contributed by atoms with Crippen LogP contribution in [0.4, 0.5) is 0 Å². The molecule has 1 unspecified atom stereocenters. The van der Waals surface area contributed by atoms with E-state index in [-0.39, 0.29) is 30.0 Å². The average molecular weight is 325 g/mol. The van der Waals surface area contributed by atoms with E-state index in [4.69, 9.17) is 10.5 Å². The van der Waals surface area contributed by atoms with Gasteiger partial charge in [-0.25, -0.2) is 0 Å². The highest BCUT2D eigenvalue weighted by molar-refractivity contribution is 5.86. The van der Waals surface area contributed by atoms with Gasteiger partial charge in [-0.05, 0) is 32.8 Å². The molecule has 1 aromatic carbocycles. The second-order valence-corrected chi connectivity index (χ2v) is 6.99. The van der Waals surface area contributed by atoms with Crippen LogP contribution in [0, 0.1) is 0 Å². The molecule has 1 aliphatic carbocycles. The summed E-state index contributed by atoms with van der Waals surface area (Å²) in [7, 11) is 0. The van der Waals surface area contributed by atoms with Crippen LogP contribution >= 0.6 is 12.4 Å². The third-order valence-electron chi connectivity index (χ3n) is 4.63. The molecule has 3 N–H and O–H groups in total. The van der Waals surface area contributed by atoms with Gasteiger partial charge < -0.3 is 15.8 Å². The van der Waals surface area contributed by atoms with E-state index in [0.29, 0.717) is 0 Å². The highest BCUT2D eigenvalue weighted by Crippen LogP contribution is 2.39. The van der Waals surface area contributed by atoms with Crippen LogP contribution in [-0.2, 0) is 4.79 Å². The van der Waals surface area contributed by atoms with E-state index in [2.05, 4.69) is 19.2 Å². The minimum absolute atomic E-state index is 0. The highest BCUT2D eigenvalue weighted by atomic mass is 35.5. The van der Waals surface area contributed by atoms with E-state index in [1.807, 2.05) is 24.3 Å². The summed E-state index contributed by atoms with van der Waals surface area (Å²) in [5, 5.41) is 3.17. The maximum Gasteiger partial charge on any atom is 0.240 e. The van der Waals surface area contributed by atoms with E-state index in [1.54, 1.807) is 0 Å². The van der Waals surface area contributed by atoms with Crippen molar-refractivity contribution in [3.8, 4) is 5.75 Å². The van der Waals surface area contributed by atoms with Crippen LogP contribution in [0.2, 0.25) is 0 Å². The lowest BCUT2D eigenvalue weighted by molar-refractivity contribution is -0.127. The lowest BCUT2D eigenvalue weighted by Gasteiger charge is -2.39. The molecule has 1 saturated carbocycles. The van der Waals surface area contributed by atoms with Gasteiger partial charge in [0.1, 0.15) is 11.4 Å². The number of fused-ring (bicyclic) bond motifs is 1. The largest absolute Gasteiger partial charge is 0.487 e. The quantitative estimate of drug-likeness (QED) is 0.878. The first-order valence-electron chi connectivity index (χ1n) is 7.77. The van der Waals surface area contributed by atoms with Crippen LogP contribution in [0.5, 0.6) is 5.75 Å². The Morgan fingerprint density at radius 1 is 1.27 bits per heavy atom. The van der Waals surface area contributed by atoms with Crippen molar-refractivity contribution >= 4 is 18.3 Å². The van der Waals surface area contributed by atoms with E-state index >= 15 is 0 Å². The molecule has 1 amide bonds. The number of benzene rings is 1. The van der Waals surface area contributed by atoms with E-state index in [9.17, 15) is 4.79 Å². The smallest absolute Gasteiger partial charge is 0.240 e. The molecule has 0 spiro atoms. The fourth-order valence-corrected chi connectivity index (χ4v) is 3.47. The summed E-state index contributed by atoms with van der Waals surface area (Å²) in [5.74, 6) is 0.842. The second kappa shape index (κ2) is 6.09. The molecule has 2 aliphatic rings. The Labute approximate surface area is 138 Å². The molecule has 0 saturated heterocycles. The average Bonchev–Trinajstić information content (AvgIpc) is 2.86. The molecule has 0 radical (unpaired) electrons. The second-order valence-electron chi connectivity index (χ2n) is 6.99. The van der Waals surface area contributed by atoms with Crippen LogP contribution in [0.25, 0.3) is 0 Å². The number of amides is 1. The molecule has 1 aromatic rings. The van der Waals surface area contributed by atoms with Gasteiger partial charge in [-0.2, -0.15) is 0 Å². The van der Waals surface area contributed by atoms with E-state index in [0.717, 1.165) is 43.4 Å². The van der Waals surface area contributed by atoms with Crippen molar-refractivity contribution in [3.05, 3.63) is 29.8 Å². The molecule has 122 valence electrons. The summed E-state index contributed by atoms with van der Waals surface area (Å²) in [4.78, 5) is 12.6. The Balaban J connectivity index is 0.00000176.